The molecule has 0 fully saturated rings. The molecule has 0 unspecified atom stereocenters. The number of aryl methyl sites for hydroxylation is 1. The summed E-state index contributed by atoms with van der Waals surface area (Å²) in [4.78, 5) is 4.69. The molecule has 116 valence electrons. The van der Waals surface area contributed by atoms with Gasteiger partial charge in [0.25, 0.3) is 0 Å². The number of hydrogen-bond donors (Lipinski definition) is 1. The summed E-state index contributed by atoms with van der Waals surface area (Å²) < 4.78 is 7.45. The van der Waals surface area contributed by atoms with E-state index in [0.717, 1.165) is 60.9 Å². The van der Waals surface area contributed by atoms with Crippen molar-refractivity contribution in [3.63, 3.8) is 0 Å². The predicted molar refractivity (Wildman–Crippen MR) is 87.3 cm³/mol. The Labute approximate surface area is 129 Å². The van der Waals surface area contributed by atoms with E-state index in [1.807, 2.05) is 25.1 Å². The maximum atomic E-state index is 5.36. The molecule has 0 spiro atoms. The third kappa shape index (κ3) is 2.74. The Morgan fingerprint density at radius 2 is 2.05 bits per heavy atom. The predicted octanol–water partition coefficient (Wildman–Crippen LogP) is 2.68. The summed E-state index contributed by atoms with van der Waals surface area (Å²) in [6.07, 6.45) is 1.77. The van der Waals surface area contributed by atoms with Crippen LogP contribution in [0.25, 0.3) is 16.7 Å². The van der Waals surface area contributed by atoms with E-state index >= 15 is 0 Å². The van der Waals surface area contributed by atoms with Crippen molar-refractivity contribution in [3.05, 3.63) is 30.1 Å². The smallest absolute Gasteiger partial charge is 0.204 e. The average molecular weight is 299 g/mol. The van der Waals surface area contributed by atoms with Crippen molar-refractivity contribution in [3.8, 4) is 0 Å². The molecule has 6 heteroatoms. The average Bonchev–Trinajstić information content (AvgIpc) is 2.99. The van der Waals surface area contributed by atoms with E-state index in [0.29, 0.717) is 0 Å². The molecule has 2 heterocycles. The van der Waals surface area contributed by atoms with Gasteiger partial charge in [-0.15, -0.1) is 10.2 Å². The SMILES string of the molecule is CCOCCCNc1nc2ccccc2n2c(CC)nnc12. The van der Waals surface area contributed by atoms with Crippen LogP contribution in [0.4, 0.5) is 5.82 Å². The van der Waals surface area contributed by atoms with E-state index < -0.39 is 0 Å². The van der Waals surface area contributed by atoms with Crippen molar-refractivity contribution in [2.75, 3.05) is 25.1 Å². The highest BCUT2D eigenvalue weighted by Crippen LogP contribution is 2.21. The van der Waals surface area contributed by atoms with E-state index in [-0.39, 0.29) is 0 Å². The Morgan fingerprint density at radius 3 is 2.86 bits per heavy atom. The van der Waals surface area contributed by atoms with Gasteiger partial charge in [-0.05, 0) is 25.5 Å². The first kappa shape index (κ1) is 14.7. The lowest BCUT2D eigenvalue weighted by molar-refractivity contribution is 0.147. The minimum Gasteiger partial charge on any atom is -0.382 e. The van der Waals surface area contributed by atoms with Crippen LogP contribution in [0.1, 0.15) is 26.1 Å². The summed E-state index contributed by atoms with van der Waals surface area (Å²) >= 11 is 0. The third-order valence-corrected chi connectivity index (χ3v) is 3.58. The second-order valence-corrected chi connectivity index (χ2v) is 5.06. The topological polar surface area (TPSA) is 64.3 Å². The highest BCUT2D eigenvalue weighted by atomic mass is 16.5. The van der Waals surface area contributed by atoms with Gasteiger partial charge in [-0.1, -0.05) is 19.1 Å². The van der Waals surface area contributed by atoms with E-state index in [9.17, 15) is 0 Å². The standard InChI is InChI=1S/C16H21N5O/c1-3-14-19-20-16-15(17-10-7-11-22-4-2)18-12-8-5-6-9-13(12)21(14)16/h5-6,8-9H,3-4,7,10-11H2,1-2H3,(H,17,18). The van der Waals surface area contributed by atoms with E-state index in [1.165, 1.54) is 0 Å². The number of para-hydroxylation sites is 2. The minimum atomic E-state index is 0.750. The lowest BCUT2D eigenvalue weighted by atomic mass is 10.3. The second kappa shape index (κ2) is 6.70. The number of fused-ring (bicyclic) bond motifs is 3. The molecule has 3 rings (SSSR count). The Morgan fingerprint density at radius 1 is 1.18 bits per heavy atom. The molecule has 0 saturated heterocycles. The third-order valence-electron chi connectivity index (χ3n) is 3.58. The van der Waals surface area contributed by atoms with Crippen LogP contribution < -0.4 is 5.32 Å². The summed E-state index contributed by atoms with van der Waals surface area (Å²) in [5, 5.41) is 12.0. The summed E-state index contributed by atoms with van der Waals surface area (Å²) in [6, 6.07) is 8.07. The molecule has 0 atom stereocenters. The Balaban J connectivity index is 1.96. The first-order valence-corrected chi connectivity index (χ1v) is 7.79. The van der Waals surface area contributed by atoms with Crippen molar-refractivity contribution in [2.45, 2.75) is 26.7 Å². The maximum absolute atomic E-state index is 5.36. The van der Waals surface area contributed by atoms with Crippen LogP contribution in [0.15, 0.2) is 24.3 Å². The molecule has 0 bridgehead atoms. The lowest BCUT2D eigenvalue weighted by Crippen LogP contribution is -2.09. The zero-order valence-corrected chi connectivity index (χ0v) is 13.0. The molecule has 2 aromatic heterocycles. The fourth-order valence-corrected chi connectivity index (χ4v) is 2.51. The van der Waals surface area contributed by atoms with Gasteiger partial charge in [-0.2, -0.15) is 0 Å². The van der Waals surface area contributed by atoms with Gasteiger partial charge in [0.05, 0.1) is 11.0 Å². The maximum Gasteiger partial charge on any atom is 0.204 e. The molecule has 0 aliphatic rings. The molecule has 0 amide bonds. The van der Waals surface area contributed by atoms with Crippen LogP contribution in [-0.2, 0) is 11.2 Å². The molecular formula is C16H21N5O. The summed E-state index contributed by atoms with van der Waals surface area (Å²) in [5.74, 6) is 1.73. The number of nitrogens with zero attached hydrogens (tertiary/aromatic N) is 4. The highest BCUT2D eigenvalue weighted by molar-refractivity contribution is 5.82. The van der Waals surface area contributed by atoms with Gasteiger partial charge in [0, 0.05) is 26.2 Å². The normalized spacial score (nSPS) is 11.4. The first-order valence-electron chi connectivity index (χ1n) is 7.79. The van der Waals surface area contributed by atoms with Gasteiger partial charge >= 0.3 is 0 Å². The van der Waals surface area contributed by atoms with Gasteiger partial charge in [0.1, 0.15) is 5.82 Å². The van der Waals surface area contributed by atoms with Gasteiger partial charge in [0.15, 0.2) is 5.82 Å². The van der Waals surface area contributed by atoms with Crippen LogP contribution in [0.5, 0.6) is 0 Å². The number of benzene rings is 1. The molecule has 22 heavy (non-hydrogen) atoms. The Hall–Kier alpha value is -2.21. The van der Waals surface area contributed by atoms with Gasteiger partial charge in [-0.25, -0.2) is 4.98 Å². The fraction of sp³-hybridized carbons (Fsp3) is 0.438. The second-order valence-electron chi connectivity index (χ2n) is 5.06. The van der Waals surface area contributed by atoms with E-state index in [1.54, 1.807) is 0 Å². The zero-order valence-electron chi connectivity index (χ0n) is 13.0. The largest absolute Gasteiger partial charge is 0.382 e. The van der Waals surface area contributed by atoms with Crippen molar-refractivity contribution in [1.82, 2.24) is 19.6 Å². The van der Waals surface area contributed by atoms with Crippen molar-refractivity contribution < 1.29 is 4.74 Å². The monoisotopic (exact) mass is 299 g/mol. The molecule has 6 nitrogen and oxygen atoms in total. The quantitative estimate of drug-likeness (QED) is 0.680. The van der Waals surface area contributed by atoms with Crippen molar-refractivity contribution in [1.29, 1.82) is 0 Å². The van der Waals surface area contributed by atoms with E-state index in [4.69, 9.17) is 9.72 Å². The molecule has 3 aromatic rings. The van der Waals surface area contributed by atoms with Crippen molar-refractivity contribution in [2.24, 2.45) is 0 Å². The Kier molecular flexibility index (Phi) is 4.48. The number of ether oxygens (including phenoxy) is 1. The highest BCUT2D eigenvalue weighted by Gasteiger charge is 2.13. The lowest BCUT2D eigenvalue weighted by Gasteiger charge is -2.10. The molecule has 1 N–H and O–H groups in total. The van der Waals surface area contributed by atoms with E-state index in [2.05, 4.69) is 32.9 Å². The number of rotatable bonds is 7. The number of hydrogen-bond acceptors (Lipinski definition) is 5. The molecule has 0 radical (unpaired) electrons. The van der Waals surface area contributed by atoms with Crippen LogP contribution >= 0.6 is 0 Å². The van der Waals surface area contributed by atoms with Crippen LogP contribution in [0.3, 0.4) is 0 Å². The summed E-state index contributed by atoms with van der Waals surface area (Å²) in [6.45, 7) is 6.39. The van der Waals surface area contributed by atoms with Crippen molar-refractivity contribution >= 4 is 22.5 Å². The number of anilines is 1. The summed E-state index contributed by atoms with van der Waals surface area (Å²) in [7, 11) is 0. The summed E-state index contributed by atoms with van der Waals surface area (Å²) in [5.41, 5.74) is 2.77. The van der Waals surface area contributed by atoms with Crippen LogP contribution in [-0.4, -0.2) is 39.3 Å². The zero-order chi connectivity index (χ0) is 15.4. The first-order chi connectivity index (χ1) is 10.8. The molecule has 0 aliphatic carbocycles. The van der Waals surface area contributed by atoms with Gasteiger partial charge in [0.2, 0.25) is 5.65 Å². The fourth-order valence-electron chi connectivity index (χ4n) is 2.51. The van der Waals surface area contributed by atoms with Crippen LogP contribution in [0, 0.1) is 0 Å². The molecular weight excluding hydrogens is 278 g/mol. The van der Waals surface area contributed by atoms with Gasteiger partial charge in [-0.3, -0.25) is 4.40 Å². The molecule has 0 saturated carbocycles. The van der Waals surface area contributed by atoms with Gasteiger partial charge < -0.3 is 10.1 Å². The number of nitrogens with one attached hydrogen (secondary N) is 1. The minimum absolute atomic E-state index is 0.750. The molecule has 0 aliphatic heterocycles. The van der Waals surface area contributed by atoms with Crippen LogP contribution in [0.2, 0.25) is 0 Å². The number of aromatic nitrogens is 4. The molecule has 1 aromatic carbocycles. The Bertz CT molecular complexity index is 768.